The molecule has 1 heterocycles. The van der Waals surface area contributed by atoms with Crippen molar-refractivity contribution < 1.29 is 4.92 Å². The lowest BCUT2D eigenvalue weighted by molar-refractivity contribution is -0.384. The first kappa shape index (κ1) is 13.1. The van der Waals surface area contributed by atoms with Gasteiger partial charge in [-0.15, -0.1) is 0 Å². The van der Waals surface area contributed by atoms with Crippen LogP contribution < -0.4 is 5.32 Å². The first-order valence-corrected chi connectivity index (χ1v) is 6.54. The van der Waals surface area contributed by atoms with Gasteiger partial charge in [0.1, 0.15) is 0 Å². The minimum Gasteiger partial charge on any atom is -0.388 e. The zero-order chi connectivity index (χ0) is 14.8. The maximum absolute atomic E-state index is 10.9. The van der Waals surface area contributed by atoms with Gasteiger partial charge in [-0.05, 0) is 18.2 Å². The molecule has 0 aliphatic heterocycles. The van der Waals surface area contributed by atoms with Crippen molar-refractivity contribution in [2.24, 2.45) is 0 Å². The molecule has 0 aliphatic carbocycles. The third-order valence-corrected chi connectivity index (χ3v) is 3.44. The molecule has 3 rings (SSSR count). The van der Waals surface area contributed by atoms with Gasteiger partial charge in [0, 0.05) is 30.4 Å². The Morgan fingerprint density at radius 1 is 1.29 bits per heavy atom. The van der Waals surface area contributed by atoms with Crippen LogP contribution in [0.5, 0.6) is 0 Å². The predicted molar refractivity (Wildman–Crippen MR) is 81.5 cm³/mol. The molecule has 0 amide bonds. The quantitative estimate of drug-likeness (QED) is 0.589. The molecular weight excluding hydrogens is 268 g/mol. The molecule has 21 heavy (non-hydrogen) atoms. The van der Waals surface area contributed by atoms with E-state index in [2.05, 4.69) is 10.3 Å². The number of hydrogen-bond donors (Lipinski definition) is 1. The molecule has 0 bridgehead atoms. The fourth-order valence-corrected chi connectivity index (χ4v) is 2.39. The number of para-hydroxylation sites is 2. The lowest BCUT2D eigenvalue weighted by Gasteiger charge is -2.10. The highest BCUT2D eigenvalue weighted by atomic mass is 16.6. The molecule has 0 atom stereocenters. The maximum atomic E-state index is 10.9. The smallest absolute Gasteiger partial charge is 0.269 e. The van der Waals surface area contributed by atoms with Gasteiger partial charge < -0.3 is 9.88 Å². The highest BCUT2D eigenvalue weighted by Gasteiger charge is 2.11. The summed E-state index contributed by atoms with van der Waals surface area (Å²) < 4.78 is 1.98. The van der Waals surface area contributed by atoms with Crippen LogP contribution in [-0.4, -0.2) is 21.5 Å². The molecule has 0 radical (unpaired) electrons. The molecule has 3 aromatic rings. The molecule has 1 aromatic heterocycles. The zero-order valence-corrected chi connectivity index (χ0v) is 11.5. The van der Waals surface area contributed by atoms with Crippen molar-refractivity contribution in [1.29, 1.82) is 0 Å². The van der Waals surface area contributed by atoms with Crippen LogP contribution >= 0.6 is 0 Å². The van der Waals surface area contributed by atoms with Crippen LogP contribution in [0, 0.1) is 10.1 Å². The predicted octanol–water partition coefficient (Wildman–Crippen LogP) is 3.03. The van der Waals surface area contributed by atoms with E-state index >= 15 is 0 Å². The third-order valence-electron chi connectivity index (χ3n) is 3.44. The van der Waals surface area contributed by atoms with Crippen molar-refractivity contribution in [2.75, 3.05) is 12.4 Å². The molecule has 0 spiro atoms. The van der Waals surface area contributed by atoms with Crippen LogP contribution in [0.1, 0.15) is 5.56 Å². The Balaban J connectivity index is 2.04. The Hall–Kier alpha value is -2.89. The molecule has 0 saturated heterocycles. The Bertz CT molecular complexity index is 810. The average molecular weight is 282 g/mol. The van der Waals surface area contributed by atoms with Crippen LogP contribution in [0.4, 0.5) is 11.4 Å². The number of nitro benzene ring substituents is 1. The van der Waals surface area contributed by atoms with Crippen LogP contribution in [0.2, 0.25) is 0 Å². The summed E-state index contributed by atoms with van der Waals surface area (Å²) in [6, 6.07) is 12.6. The molecule has 106 valence electrons. The first-order chi connectivity index (χ1) is 10.2. The van der Waals surface area contributed by atoms with E-state index in [1.165, 1.54) is 6.07 Å². The molecule has 2 aromatic carbocycles. The van der Waals surface area contributed by atoms with Gasteiger partial charge in [-0.2, -0.15) is 0 Å². The number of imidazole rings is 1. The van der Waals surface area contributed by atoms with Crippen molar-refractivity contribution in [3.05, 3.63) is 64.5 Å². The van der Waals surface area contributed by atoms with E-state index in [9.17, 15) is 10.1 Å². The monoisotopic (exact) mass is 282 g/mol. The lowest BCUT2D eigenvalue weighted by atomic mass is 10.1. The topological polar surface area (TPSA) is 73.0 Å². The third kappa shape index (κ3) is 2.43. The number of nitro groups is 1. The number of nitrogens with zero attached hydrogens (tertiary/aromatic N) is 3. The van der Waals surface area contributed by atoms with Crippen molar-refractivity contribution >= 4 is 22.4 Å². The van der Waals surface area contributed by atoms with Gasteiger partial charge in [-0.1, -0.05) is 12.1 Å². The van der Waals surface area contributed by atoms with Gasteiger partial charge in [0.05, 0.1) is 28.8 Å². The summed E-state index contributed by atoms with van der Waals surface area (Å²) >= 11 is 0. The Morgan fingerprint density at radius 3 is 2.86 bits per heavy atom. The number of aromatic nitrogens is 2. The second-order valence-electron chi connectivity index (χ2n) is 4.71. The van der Waals surface area contributed by atoms with Crippen LogP contribution in [0.15, 0.2) is 48.8 Å². The molecule has 6 heteroatoms. The van der Waals surface area contributed by atoms with E-state index < -0.39 is 0 Å². The number of fused-ring (bicyclic) bond motifs is 1. The number of rotatable bonds is 4. The SMILES string of the molecule is CNc1ccc([N+](=O)[O-])cc1Cn1cnc2ccccc21. The van der Waals surface area contributed by atoms with E-state index in [0.29, 0.717) is 6.54 Å². The maximum Gasteiger partial charge on any atom is 0.269 e. The summed E-state index contributed by atoms with van der Waals surface area (Å²) in [6.07, 6.45) is 1.75. The number of anilines is 1. The van der Waals surface area contributed by atoms with E-state index in [1.54, 1.807) is 25.5 Å². The molecule has 0 aliphatic rings. The molecule has 0 saturated carbocycles. The van der Waals surface area contributed by atoms with Crippen LogP contribution in [0.3, 0.4) is 0 Å². The number of benzene rings is 2. The Morgan fingerprint density at radius 2 is 2.10 bits per heavy atom. The van der Waals surface area contributed by atoms with Crippen LogP contribution in [0.25, 0.3) is 11.0 Å². The minimum absolute atomic E-state index is 0.0911. The fraction of sp³-hybridized carbons (Fsp3) is 0.133. The highest BCUT2D eigenvalue weighted by molar-refractivity contribution is 5.75. The van der Waals surface area contributed by atoms with E-state index in [0.717, 1.165) is 22.3 Å². The summed E-state index contributed by atoms with van der Waals surface area (Å²) in [7, 11) is 1.80. The number of hydrogen-bond acceptors (Lipinski definition) is 4. The van der Waals surface area contributed by atoms with Gasteiger partial charge >= 0.3 is 0 Å². The largest absolute Gasteiger partial charge is 0.388 e. The van der Waals surface area contributed by atoms with Gasteiger partial charge in [0.25, 0.3) is 5.69 Å². The first-order valence-electron chi connectivity index (χ1n) is 6.54. The second kappa shape index (κ2) is 5.24. The van der Waals surface area contributed by atoms with E-state index in [4.69, 9.17) is 0 Å². The zero-order valence-electron chi connectivity index (χ0n) is 11.5. The summed E-state index contributed by atoms with van der Waals surface area (Å²) in [6.45, 7) is 0.526. The summed E-state index contributed by atoms with van der Waals surface area (Å²) in [5.41, 5.74) is 3.74. The van der Waals surface area contributed by atoms with E-state index in [-0.39, 0.29) is 10.6 Å². The van der Waals surface area contributed by atoms with Gasteiger partial charge in [-0.25, -0.2) is 4.98 Å². The molecule has 0 fully saturated rings. The van der Waals surface area contributed by atoms with E-state index in [1.807, 2.05) is 28.8 Å². The summed E-state index contributed by atoms with van der Waals surface area (Å²) in [5, 5.41) is 14.0. The van der Waals surface area contributed by atoms with Gasteiger partial charge in [-0.3, -0.25) is 10.1 Å². The summed E-state index contributed by atoms with van der Waals surface area (Å²) in [4.78, 5) is 14.9. The number of nitrogens with one attached hydrogen (secondary N) is 1. The highest BCUT2D eigenvalue weighted by Crippen LogP contribution is 2.24. The van der Waals surface area contributed by atoms with Gasteiger partial charge in [0.2, 0.25) is 0 Å². The van der Waals surface area contributed by atoms with Crippen molar-refractivity contribution in [1.82, 2.24) is 9.55 Å². The van der Waals surface area contributed by atoms with Crippen molar-refractivity contribution in [3.8, 4) is 0 Å². The lowest BCUT2D eigenvalue weighted by Crippen LogP contribution is -2.03. The minimum atomic E-state index is -0.380. The molecule has 1 N–H and O–H groups in total. The average Bonchev–Trinajstić information content (AvgIpc) is 2.90. The van der Waals surface area contributed by atoms with Crippen molar-refractivity contribution in [3.63, 3.8) is 0 Å². The van der Waals surface area contributed by atoms with Crippen molar-refractivity contribution in [2.45, 2.75) is 6.54 Å². The normalized spacial score (nSPS) is 10.7. The number of non-ortho nitro benzene ring substituents is 1. The Kier molecular flexibility index (Phi) is 3.27. The second-order valence-corrected chi connectivity index (χ2v) is 4.71. The molecular formula is C15H14N4O2. The molecule has 6 nitrogen and oxygen atoms in total. The van der Waals surface area contributed by atoms with Gasteiger partial charge in [0.15, 0.2) is 0 Å². The fourth-order valence-electron chi connectivity index (χ4n) is 2.39. The molecule has 0 unspecified atom stereocenters. The van der Waals surface area contributed by atoms with Crippen LogP contribution in [-0.2, 0) is 6.54 Å². The summed E-state index contributed by atoms with van der Waals surface area (Å²) in [5.74, 6) is 0. The Labute approximate surface area is 121 Å². The standard InChI is InChI=1S/C15H14N4O2/c1-16-13-7-6-12(19(20)21)8-11(13)9-18-10-17-14-4-2-3-5-15(14)18/h2-8,10,16H,9H2,1H3.